The van der Waals surface area contributed by atoms with Crippen LogP contribution in [0.3, 0.4) is 0 Å². The van der Waals surface area contributed by atoms with Gasteiger partial charge in [0.2, 0.25) is 5.91 Å². The molecule has 0 atom stereocenters. The van der Waals surface area contributed by atoms with E-state index in [2.05, 4.69) is 10.2 Å². The second-order valence-electron chi connectivity index (χ2n) is 5.82. The van der Waals surface area contributed by atoms with Crippen molar-refractivity contribution < 1.29 is 13.9 Å². The molecule has 0 saturated carbocycles. The monoisotopic (exact) mass is 406 g/mol. The molecule has 1 amide bonds. The summed E-state index contributed by atoms with van der Waals surface area (Å²) < 4.78 is 12.8. The lowest BCUT2D eigenvalue weighted by Gasteiger charge is -2.15. The Morgan fingerprint density at radius 2 is 2.07 bits per heavy atom. The second-order valence-corrected chi connectivity index (χ2v) is 7.20. The number of aromatic nitrogens is 3. The maximum absolute atomic E-state index is 12.3. The first kappa shape index (κ1) is 19.3. The van der Waals surface area contributed by atoms with Gasteiger partial charge in [0.25, 0.3) is 0 Å². The van der Waals surface area contributed by atoms with Crippen LogP contribution in [0.1, 0.15) is 11.6 Å². The summed E-state index contributed by atoms with van der Waals surface area (Å²) in [5.41, 5.74) is 0. The van der Waals surface area contributed by atoms with Gasteiger partial charge in [0, 0.05) is 19.1 Å². The van der Waals surface area contributed by atoms with Crippen LogP contribution in [0.5, 0.6) is 5.75 Å². The summed E-state index contributed by atoms with van der Waals surface area (Å²) in [5.74, 6) is 2.37. The molecular formula is C18H19ClN4O3S. The number of halogens is 1. The fourth-order valence-electron chi connectivity index (χ4n) is 2.24. The van der Waals surface area contributed by atoms with Crippen LogP contribution in [-0.4, -0.2) is 38.4 Å². The van der Waals surface area contributed by atoms with E-state index in [1.54, 1.807) is 48.5 Å². The molecule has 0 aliphatic carbocycles. The third-order valence-corrected chi connectivity index (χ3v) is 5.09. The molecule has 3 aromatic rings. The number of hydrogen-bond acceptors (Lipinski definition) is 6. The number of benzene rings is 1. The van der Waals surface area contributed by atoms with E-state index in [1.807, 2.05) is 17.7 Å². The van der Waals surface area contributed by atoms with Gasteiger partial charge in [-0.3, -0.25) is 4.79 Å². The van der Waals surface area contributed by atoms with Crippen molar-refractivity contribution in [1.29, 1.82) is 0 Å². The van der Waals surface area contributed by atoms with Crippen molar-refractivity contribution in [2.75, 3.05) is 12.8 Å². The zero-order valence-electron chi connectivity index (χ0n) is 15.0. The summed E-state index contributed by atoms with van der Waals surface area (Å²) in [7, 11) is 3.59. The van der Waals surface area contributed by atoms with Gasteiger partial charge in [-0.2, -0.15) is 0 Å². The molecular weight excluding hydrogens is 388 g/mol. The number of amides is 1. The number of thioether (sulfide) groups is 1. The quantitative estimate of drug-likeness (QED) is 0.534. The number of furan rings is 1. The average Bonchev–Trinajstić information content (AvgIpc) is 3.29. The average molecular weight is 407 g/mol. The molecule has 0 aliphatic heterocycles. The predicted molar refractivity (Wildman–Crippen MR) is 103 cm³/mol. The van der Waals surface area contributed by atoms with E-state index in [0.717, 1.165) is 5.76 Å². The summed E-state index contributed by atoms with van der Waals surface area (Å²) in [6.07, 6.45) is 1.59. The molecule has 9 heteroatoms. The van der Waals surface area contributed by atoms with E-state index in [-0.39, 0.29) is 18.3 Å². The Hall–Kier alpha value is -2.45. The maximum atomic E-state index is 12.3. The Bertz CT molecular complexity index is 881. The van der Waals surface area contributed by atoms with Crippen LogP contribution >= 0.6 is 23.4 Å². The molecule has 0 saturated heterocycles. The van der Waals surface area contributed by atoms with E-state index in [0.29, 0.717) is 28.3 Å². The minimum Gasteiger partial charge on any atom is -0.486 e. The van der Waals surface area contributed by atoms with Crippen molar-refractivity contribution in [3.63, 3.8) is 0 Å². The molecule has 0 unspecified atom stereocenters. The highest BCUT2D eigenvalue weighted by Crippen LogP contribution is 2.19. The second kappa shape index (κ2) is 8.96. The van der Waals surface area contributed by atoms with E-state index in [1.165, 1.54) is 11.8 Å². The zero-order valence-corrected chi connectivity index (χ0v) is 16.5. The molecule has 2 heterocycles. The van der Waals surface area contributed by atoms with Gasteiger partial charge in [0.15, 0.2) is 11.0 Å². The van der Waals surface area contributed by atoms with Crippen LogP contribution in [0, 0.1) is 0 Å². The van der Waals surface area contributed by atoms with E-state index >= 15 is 0 Å². The highest BCUT2D eigenvalue weighted by molar-refractivity contribution is 7.99. The first-order valence-corrected chi connectivity index (χ1v) is 9.55. The Kier molecular flexibility index (Phi) is 6.41. The number of nitrogens with zero attached hydrogens (tertiary/aromatic N) is 4. The third-order valence-electron chi connectivity index (χ3n) is 3.83. The minimum absolute atomic E-state index is 0.0154. The molecule has 1 aromatic carbocycles. The largest absolute Gasteiger partial charge is 0.486 e. The zero-order chi connectivity index (χ0) is 19.2. The first-order chi connectivity index (χ1) is 13.0. The van der Waals surface area contributed by atoms with Gasteiger partial charge in [0.05, 0.1) is 18.6 Å². The van der Waals surface area contributed by atoms with Crippen molar-refractivity contribution in [3.8, 4) is 5.75 Å². The number of hydrogen-bond donors (Lipinski definition) is 0. The maximum Gasteiger partial charge on any atom is 0.233 e. The summed E-state index contributed by atoms with van der Waals surface area (Å²) in [6.45, 7) is 0.712. The van der Waals surface area contributed by atoms with Crippen LogP contribution in [0.4, 0.5) is 0 Å². The molecule has 0 fully saturated rings. The lowest BCUT2D eigenvalue weighted by atomic mass is 10.3. The van der Waals surface area contributed by atoms with Crippen molar-refractivity contribution in [2.45, 2.75) is 18.3 Å². The normalized spacial score (nSPS) is 10.8. The topological polar surface area (TPSA) is 73.4 Å². The Balaban J connectivity index is 1.50. The number of carbonyl (C=O) groups excluding carboxylic acids is 1. The molecule has 27 heavy (non-hydrogen) atoms. The first-order valence-electron chi connectivity index (χ1n) is 8.18. The summed E-state index contributed by atoms with van der Waals surface area (Å²) in [6, 6.07) is 10.8. The van der Waals surface area contributed by atoms with E-state index in [4.69, 9.17) is 20.8 Å². The molecule has 0 N–H and O–H groups in total. The van der Waals surface area contributed by atoms with Crippen LogP contribution in [0.15, 0.2) is 52.2 Å². The fourth-order valence-corrected chi connectivity index (χ4v) is 3.23. The highest BCUT2D eigenvalue weighted by Gasteiger charge is 2.15. The summed E-state index contributed by atoms with van der Waals surface area (Å²) >= 11 is 7.19. The highest BCUT2D eigenvalue weighted by atomic mass is 35.5. The van der Waals surface area contributed by atoms with Crippen LogP contribution in [0.2, 0.25) is 5.02 Å². The van der Waals surface area contributed by atoms with E-state index in [9.17, 15) is 4.79 Å². The van der Waals surface area contributed by atoms with Gasteiger partial charge in [-0.15, -0.1) is 10.2 Å². The Morgan fingerprint density at radius 1 is 1.30 bits per heavy atom. The standard InChI is InChI=1S/C18H19ClN4O3S/c1-22(10-15-4-3-9-25-15)17(24)12-27-18-21-20-16(23(18)2)11-26-14-7-5-13(19)6-8-14/h3-9H,10-12H2,1-2H3. The van der Waals surface area contributed by atoms with Gasteiger partial charge in [0.1, 0.15) is 18.1 Å². The van der Waals surface area contributed by atoms with Crippen LogP contribution in [0.25, 0.3) is 0 Å². The molecule has 7 nitrogen and oxygen atoms in total. The fraction of sp³-hybridized carbons (Fsp3) is 0.278. The Labute approximate surface area is 166 Å². The third kappa shape index (κ3) is 5.27. The molecule has 2 aromatic heterocycles. The van der Waals surface area contributed by atoms with Gasteiger partial charge < -0.3 is 18.6 Å². The molecule has 0 radical (unpaired) electrons. The van der Waals surface area contributed by atoms with Crippen molar-refractivity contribution in [2.24, 2.45) is 7.05 Å². The van der Waals surface area contributed by atoms with Crippen LogP contribution in [-0.2, 0) is 25.0 Å². The van der Waals surface area contributed by atoms with Gasteiger partial charge in [-0.1, -0.05) is 23.4 Å². The predicted octanol–water partition coefficient (Wildman–Crippen LogP) is 3.39. The number of ether oxygens (including phenoxy) is 1. The van der Waals surface area contributed by atoms with Crippen LogP contribution < -0.4 is 4.74 Å². The molecule has 0 bridgehead atoms. The van der Waals surface area contributed by atoms with Gasteiger partial charge in [-0.05, 0) is 36.4 Å². The summed E-state index contributed by atoms with van der Waals surface area (Å²) in [4.78, 5) is 13.9. The molecule has 142 valence electrons. The van der Waals surface area contributed by atoms with E-state index < -0.39 is 0 Å². The Morgan fingerprint density at radius 3 is 2.78 bits per heavy atom. The number of rotatable bonds is 8. The van der Waals surface area contributed by atoms with Crippen molar-refractivity contribution >= 4 is 29.3 Å². The van der Waals surface area contributed by atoms with Gasteiger partial charge in [-0.25, -0.2) is 0 Å². The molecule has 3 rings (SSSR count). The number of carbonyl (C=O) groups is 1. The minimum atomic E-state index is -0.0154. The van der Waals surface area contributed by atoms with Crippen molar-refractivity contribution in [1.82, 2.24) is 19.7 Å². The molecule has 0 aliphatic rings. The van der Waals surface area contributed by atoms with Gasteiger partial charge >= 0.3 is 0 Å². The van der Waals surface area contributed by atoms with Crippen molar-refractivity contribution in [3.05, 3.63) is 59.3 Å². The molecule has 0 spiro atoms. The smallest absolute Gasteiger partial charge is 0.233 e. The lowest BCUT2D eigenvalue weighted by Crippen LogP contribution is -2.27. The lowest BCUT2D eigenvalue weighted by molar-refractivity contribution is -0.127. The summed E-state index contributed by atoms with van der Waals surface area (Å²) in [5, 5.41) is 9.58. The SMILES string of the molecule is CN(Cc1ccco1)C(=O)CSc1nnc(COc2ccc(Cl)cc2)n1C.